The number of benzene rings is 3. The molecule has 0 fully saturated rings. The Morgan fingerprint density at radius 3 is 1.05 bits per heavy atom. The third-order valence-corrected chi connectivity index (χ3v) is 11.2. The van der Waals surface area contributed by atoms with Crippen molar-refractivity contribution in [3.05, 3.63) is 107 Å². The van der Waals surface area contributed by atoms with Crippen molar-refractivity contribution in [1.82, 2.24) is 42.5 Å². The lowest BCUT2D eigenvalue weighted by Crippen LogP contribution is -2.55. The van der Waals surface area contributed by atoms with Gasteiger partial charge in [-0.25, -0.2) is 9.59 Å². The number of hydrogen-bond acceptors (Lipinski definition) is 14. The molecule has 30 nitrogen and oxygen atoms in total. The maximum Gasteiger partial charge on any atom is 0.326 e. The van der Waals surface area contributed by atoms with E-state index in [9.17, 15) is 67.7 Å². The normalized spacial score (nSPS) is 12.8. The van der Waals surface area contributed by atoms with Crippen LogP contribution in [-0.2, 0) is 60.8 Å². The van der Waals surface area contributed by atoms with E-state index in [4.69, 9.17) is 33.1 Å². The molecule has 0 aliphatic rings. The van der Waals surface area contributed by atoms with E-state index in [2.05, 4.69) is 41.9 Å². The number of guanidine groups is 2. The fourth-order valence-electron chi connectivity index (χ4n) is 7.28. The van der Waals surface area contributed by atoms with Crippen molar-refractivity contribution >= 4 is 83.1 Å². The van der Waals surface area contributed by atoms with Crippen LogP contribution in [0.2, 0.25) is 0 Å². The Morgan fingerprint density at radius 2 is 0.750 bits per heavy atom. The molecule has 80 heavy (non-hydrogen) atoms. The zero-order valence-corrected chi connectivity index (χ0v) is 42.9. The zero-order valence-electron chi connectivity index (χ0n) is 42.9. The van der Waals surface area contributed by atoms with Gasteiger partial charge >= 0.3 is 23.9 Å². The van der Waals surface area contributed by atoms with Gasteiger partial charge in [-0.3, -0.25) is 57.9 Å². The SMILES string of the molecule is NC(N)=NCCC[C@H](NC(=O)[C@H](Cc1ccccc1)NC(=O)c1ccc(C(=O)N[C@@H](Cc2ccccc2)C(=O)N[C@@H](CCCN=C(N)N)C(=O)NCC(=O)N[C@@H](CC(=O)O)C(=O)O)cc1)C(=O)NCC(=O)N[C@@H](CC(=O)O)C(=O)O. The van der Waals surface area contributed by atoms with E-state index in [1.54, 1.807) is 60.7 Å². The van der Waals surface area contributed by atoms with Gasteiger partial charge in [0.2, 0.25) is 35.4 Å². The Labute approximate surface area is 456 Å². The fourth-order valence-corrected chi connectivity index (χ4v) is 7.28. The summed E-state index contributed by atoms with van der Waals surface area (Å²) in [7, 11) is 0. The first-order valence-electron chi connectivity index (χ1n) is 24.5. The number of carboxylic acids is 4. The molecule has 0 aromatic heterocycles. The van der Waals surface area contributed by atoms with Crippen molar-refractivity contribution < 1.29 is 78.0 Å². The molecule has 3 aromatic carbocycles. The molecule has 0 spiro atoms. The molecule has 0 aliphatic heterocycles. The number of carboxylic acid groups (broad SMARTS) is 4. The maximum absolute atomic E-state index is 14.1. The quantitative estimate of drug-likeness (QED) is 0.0153. The number of carbonyl (C=O) groups excluding carboxylic acids is 8. The minimum atomic E-state index is -1.81. The van der Waals surface area contributed by atoms with Crippen molar-refractivity contribution in [2.75, 3.05) is 26.2 Å². The molecule has 0 saturated heterocycles. The van der Waals surface area contributed by atoms with Gasteiger partial charge in [-0.1, -0.05) is 60.7 Å². The predicted molar refractivity (Wildman–Crippen MR) is 283 cm³/mol. The summed E-state index contributed by atoms with van der Waals surface area (Å²) in [4.78, 5) is 161. The van der Waals surface area contributed by atoms with Crippen LogP contribution in [0.1, 0.15) is 70.4 Å². The van der Waals surface area contributed by atoms with E-state index in [1.807, 2.05) is 10.6 Å². The third-order valence-electron chi connectivity index (χ3n) is 11.2. The molecule has 430 valence electrons. The van der Waals surface area contributed by atoms with Crippen LogP contribution < -0.4 is 65.5 Å². The average Bonchev–Trinajstić information content (AvgIpc) is 3.40. The number of amides is 8. The fraction of sp³-hybridized carbons (Fsp3) is 0.360. The van der Waals surface area contributed by atoms with Gasteiger partial charge in [-0.2, -0.15) is 0 Å². The van der Waals surface area contributed by atoms with Crippen LogP contribution in [0.25, 0.3) is 0 Å². The summed E-state index contributed by atoms with van der Waals surface area (Å²) in [5.74, 6) is -14.0. The standard InChI is InChI=1S/C50H64N14O16/c51-49(52)55-19-7-13-31(43(73)57-25-37(65)59-35(47(77)78)23-39(67)68)61-45(75)33(21-27-9-3-1-4-10-27)63-41(71)29-15-17-30(18-16-29)42(72)64-34(22-28-11-5-2-6-12-28)46(76)62-32(14-8-20-56-50(53)54)44(74)58-26-38(66)60-36(48(79)80)24-40(69)70/h1-6,9-12,15-18,31-36H,7-8,13-14,19-26H2,(H,57,73)(H,58,74)(H,59,65)(H,60,66)(H,61,75)(H,62,76)(H,63,71)(H,64,72)(H,67,68)(H,69,70)(H,77,78)(H,79,80)(H4,51,52,55)(H4,53,54,56)/t31-,32-,33-,34-,35-,36-/m0/s1. The van der Waals surface area contributed by atoms with Crippen LogP contribution >= 0.6 is 0 Å². The van der Waals surface area contributed by atoms with Crippen LogP contribution in [0.3, 0.4) is 0 Å². The van der Waals surface area contributed by atoms with E-state index in [-0.39, 0.29) is 74.7 Å². The molecule has 3 rings (SSSR count). The van der Waals surface area contributed by atoms with Crippen LogP contribution in [-0.4, -0.2) is 166 Å². The van der Waals surface area contributed by atoms with Gasteiger partial charge < -0.3 is 85.9 Å². The van der Waals surface area contributed by atoms with Crippen LogP contribution in [0.4, 0.5) is 0 Å². The summed E-state index contributed by atoms with van der Waals surface area (Å²) in [6.45, 7) is -1.59. The van der Waals surface area contributed by atoms with Crippen LogP contribution in [0.15, 0.2) is 94.9 Å². The number of nitrogens with one attached hydrogen (secondary N) is 8. The maximum atomic E-state index is 14.1. The van der Waals surface area contributed by atoms with Crippen LogP contribution in [0.5, 0.6) is 0 Å². The number of aliphatic imine (C=N–C) groups is 2. The molecular weight excluding hydrogens is 1050 g/mol. The number of nitrogens with zero attached hydrogens (tertiary/aromatic N) is 2. The summed E-state index contributed by atoms with van der Waals surface area (Å²) in [5.41, 5.74) is 22.8. The molecule has 0 heterocycles. The first-order chi connectivity index (χ1) is 37.9. The van der Waals surface area contributed by atoms with E-state index < -0.39 is 133 Å². The summed E-state index contributed by atoms with van der Waals surface area (Å²) >= 11 is 0. The van der Waals surface area contributed by atoms with Crippen molar-refractivity contribution in [3.63, 3.8) is 0 Å². The first-order valence-corrected chi connectivity index (χ1v) is 24.5. The summed E-state index contributed by atoms with van der Waals surface area (Å²) in [6.07, 6.45) is -2.08. The Bertz CT molecular complexity index is 2550. The lowest BCUT2D eigenvalue weighted by atomic mass is 10.0. The van der Waals surface area contributed by atoms with Crippen molar-refractivity contribution in [2.24, 2.45) is 32.9 Å². The number of hydrogen-bond donors (Lipinski definition) is 16. The first kappa shape index (κ1) is 64.1. The monoisotopic (exact) mass is 1120 g/mol. The van der Waals surface area contributed by atoms with E-state index in [1.165, 1.54) is 24.3 Å². The lowest BCUT2D eigenvalue weighted by molar-refractivity contribution is -0.147. The van der Waals surface area contributed by atoms with Gasteiger partial charge in [-0.15, -0.1) is 0 Å². The van der Waals surface area contributed by atoms with E-state index >= 15 is 0 Å². The summed E-state index contributed by atoms with van der Waals surface area (Å²) in [6, 6.07) is 12.8. The van der Waals surface area contributed by atoms with Crippen LogP contribution in [0, 0.1) is 0 Å². The molecule has 0 radical (unpaired) electrons. The van der Waals surface area contributed by atoms with E-state index in [0.29, 0.717) is 11.1 Å². The topological polar surface area (TPSA) is 511 Å². The van der Waals surface area contributed by atoms with Gasteiger partial charge in [0, 0.05) is 37.1 Å². The number of rotatable bonds is 34. The van der Waals surface area contributed by atoms with Gasteiger partial charge in [0.15, 0.2) is 11.9 Å². The van der Waals surface area contributed by atoms with Crippen molar-refractivity contribution in [1.29, 1.82) is 0 Å². The highest BCUT2D eigenvalue weighted by molar-refractivity contribution is 6.02. The second-order valence-electron chi connectivity index (χ2n) is 17.6. The van der Waals surface area contributed by atoms with Gasteiger partial charge in [0.1, 0.15) is 36.3 Å². The molecule has 0 aliphatic carbocycles. The Balaban J connectivity index is 1.84. The second kappa shape index (κ2) is 33.1. The molecular formula is C50H64N14O16. The number of aliphatic carboxylic acids is 4. The predicted octanol–water partition coefficient (Wildman–Crippen LogP) is -4.23. The Kier molecular flexibility index (Phi) is 26.5. The zero-order chi connectivity index (χ0) is 59.3. The van der Waals surface area contributed by atoms with Crippen molar-refractivity contribution in [3.8, 4) is 0 Å². The largest absolute Gasteiger partial charge is 0.481 e. The highest BCUT2D eigenvalue weighted by Crippen LogP contribution is 2.12. The molecule has 0 saturated carbocycles. The highest BCUT2D eigenvalue weighted by Gasteiger charge is 2.31. The minimum absolute atomic E-state index is 0.0163. The highest BCUT2D eigenvalue weighted by atomic mass is 16.4. The van der Waals surface area contributed by atoms with Gasteiger partial charge in [0.25, 0.3) is 11.8 Å². The molecule has 0 unspecified atom stereocenters. The Hall–Kier alpha value is -10.2. The molecule has 6 atom stereocenters. The molecule has 20 N–H and O–H groups in total. The Morgan fingerprint density at radius 1 is 0.412 bits per heavy atom. The third kappa shape index (κ3) is 24.2. The minimum Gasteiger partial charge on any atom is -0.481 e. The van der Waals surface area contributed by atoms with Gasteiger partial charge in [-0.05, 0) is 61.1 Å². The summed E-state index contributed by atoms with van der Waals surface area (Å²) < 4.78 is 0. The van der Waals surface area contributed by atoms with Crippen molar-refractivity contribution in [2.45, 2.75) is 87.6 Å². The van der Waals surface area contributed by atoms with E-state index in [0.717, 1.165) is 0 Å². The molecule has 3 aromatic rings. The second-order valence-corrected chi connectivity index (χ2v) is 17.6. The smallest absolute Gasteiger partial charge is 0.326 e. The lowest BCUT2D eigenvalue weighted by Gasteiger charge is -2.24. The molecule has 8 amide bonds. The van der Waals surface area contributed by atoms with Gasteiger partial charge in [0.05, 0.1) is 25.9 Å². The number of nitrogens with two attached hydrogens (primary N) is 4. The summed E-state index contributed by atoms with van der Waals surface area (Å²) in [5, 5.41) is 55.5. The molecule has 0 bridgehead atoms. The average molecular weight is 1120 g/mol. The number of carbonyl (C=O) groups is 12. The molecule has 30 heteroatoms.